The first-order chi connectivity index (χ1) is 11.8. The fourth-order valence-electron chi connectivity index (χ4n) is 2.89. The van der Waals surface area contributed by atoms with Crippen LogP contribution in [0, 0.1) is 0 Å². The summed E-state index contributed by atoms with van der Waals surface area (Å²) in [4.78, 5) is 8.62. The molecule has 0 radical (unpaired) electrons. The summed E-state index contributed by atoms with van der Waals surface area (Å²) in [7, 11) is 1.84. The minimum absolute atomic E-state index is 0.547. The van der Waals surface area contributed by atoms with Gasteiger partial charge in [0.25, 0.3) is 0 Å². The Morgan fingerprint density at radius 2 is 1.75 bits per heavy atom. The first-order valence-corrected chi connectivity index (χ1v) is 7.64. The SMILES string of the molecule is CNc1ncnc2oc(-c3cccc(N)c3)c(-c3ccccc3)c12. The van der Waals surface area contributed by atoms with Gasteiger partial charge in [0.05, 0.1) is 5.39 Å². The molecule has 0 aliphatic heterocycles. The van der Waals surface area contributed by atoms with Crippen molar-refractivity contribution in [2.24, 2.45) is 0 Å². The lowest BCUT2D eigenvalue weighted by Crippen LogP contribution is -1.94. The molecule has 4 rings (SSSR count). The molecule has 5 heteroatoms. The van der Waals surface area contributed by atoms with Crippen LogP contribution in [0.15, 0.2) is 65.3 Å². The van der Waals surface area contributed by atoms with Gasteiger partial charge in [0, 0.05) is 23.9 Å². The first kappa shape index (κ1) is 14.3. The summed E-state index contributed by atoms with van der Waals surface area (Å²) < 4.78 is 6.09. The van der Waals surface area contributed by atoms with E-state index in [1.807, 2.05) is 61.6 Å². The van der Waals surface area contributed by atoms with Crippen molar-refractivity contribution in [1.29, 1.82) is 0 Å². The summed E-state index contributed by atoms with van der Waals surface area (Å²) in [6, 6.07) is 17.7. The molecule has 0 amide bonds. The number of benzene rings is 2. The van der Waals surface area contributed by atoms with Crippen molar-refractivity contribution in [3.63, 3.8) is 0 Å². The van der Waals surface area contributed by atoms with Crippen LogP contribution >= 0.6 is 0 Å². The number of anilines is 2. The van der Waals surface area contributed by atoms with E-state index < -0.39 is 0 Å². The maximum atomic E-state index is 6.09. The van der Waals surface area contributed by atoms with Gasteiger partial charge in [-0.1, -0.05) is 42.5 Å². The number of rotatable bonds is 3. The second kappa shape index (κ2) is 5.70. The predicted molar refractivity (Wildman–Crippen MR) is 96.6 cm³/mol. The lowest BCUT2D eigenvalue weighted by Gasteiger charge is -2.06. The second-order valence-corrected chi connectivity index (χ2v) is 5.45. The summed E-state index contributed by atoms with van der Waals surface area (Å²) in [6.45, 7) is 0. The molecule has 0 unspecified atom stereocenters. The van der Waals surface area contributed by atoms with Crippen molar-refractivity contribution in [2.45, 2.75) is 0 Å². The lowest BCUT2D eigenvalue weighted by molar-refractivity contribution is 0.618. The fourth-order valence-corrected chi connectivity index (χ4v) is 2.89. The van der Waals surface area contributed by atoms with Gasteiger partial charge >= 0.3 is 0 Å². The van der Waals surface area contributed by atoms with Crippen LogP contribution < -0.4 is 11.1 Å². The Labute approximate surface area is 139 Å². The molecule has 2 aromatic carbocycles. The van der Waals surface area contributed by atoms with Gasteiger partial charge < -0.3 is 15.5 Å². The molecular formula is C19H16N4O. The normalized spacial score (nSPS) is 10.9. The lowest BCUT2D eigenvalue weighted by atomic mass is 9.99. The highest BCUT2D eigenvalue weighted by Gasteiger charge is 2.21. The van der Waals surface area contributed by atoms with Crippen molar-refractivity contribution in [2.75, 3.05) is 18.1 Å². The first-order valence-electron chi connectivity index (χ1n) is 7.64. The molecule has 0 fully saturated rings. The number of nitrogens with one attached hydrogen (secondary N) is 1. The molecule has 3 N–H and O–H groups in total. The van der Waals surface area contributed by atoms with Gasteiger partial charge in [-0.2, -0.15) is 0 Å². The highest BCUT2D eigenvalue weighted by molar-refractivity contribution is 6.05. The van der Waals surface area contributed by atoms with E-state index in [2.05, 4.69) is 15.3 Å². The Balaban J connectivity index is 2.10. The Hall–Kier alpha value is -3.34. The van der Waals surface area contributed by atoms with E-state index in [1.54, 1.807) is 0 Å². The van der Waals surface area contributed by atoms with Crippen molar-refractivity contribution < 1.29 is 4.42 Å². The molecule has 0 bridgehead atoms. The monoisotopic (exact) mass is 316 g/mol. The second-order valence-electron chi connectivity index (χ2n) is 5.45. The van der Waals surface area contributed by atoms with Gasteiger partial charge in [0.2, 0.25) is 5.71 Å². The third-order valence-corrected chi connectivity index (χ3v) is 3.94. The quantitative estimate of drug-likeness (QED) is 0.554. The minimum atomic E-state index is 0.547. The molecule has 2 heterocycles. The van der Waals surface area contributed by atoms with Gasteiger partial charge in [-0.25, -0.2) is 9.97 Å². The van der Waals surface area contributed by atoms with E-state index >= 15 is 0 Å². The highest BCUT2D eigenvalue weighted by atomic mass is 16.3. The fraction of sp³-hybridized carbons (Fsp3) is 0.0526. The zero-order valence-corrected chi connectivity index (χ0v) is 13.2. The maximum absolute atomic E-state index is 6.09. The molecule has 4 aromatic rings. The Bertz CT molecular complexity index is 1010. The maximum Gasteiger partial charge on any atom is 0.232 e. The van der Waals surface area contributed by atoms with Crippen LogP contribution in [0.2, 0.25) is 0 Å². The Morgan fingerprint density at radius 1 is 0.958 bits per heavy atom. The predicted octanol–water partition coefficient (Wildman–Crippen LogP) is 4.18. The summed E-state index contributed by atoms with van der Waals surface area (Å²) >= 11 is 0. The molecule has 0 spiro atoms. The number of hydrogen-bond donors (Lipinski definition) is 2. The number of nitrogen functional groups attached to an aromatic ring is 1. The van der Waals surface area contributed by atoms with Gasteiger partial charge in [-0.05, 0) is 17.7 Å². The van der Waals surface area contributed by atoms with Crippen LogP contribution in [0.25, 0.3) is 33.6 Å². The van der Waals surface area contributed by atoms with Crippen LogP contribution in [-0.2, 0) is 0 Å². The molecule has 0 aliphatic carbocycles. The molecule has 0 atom stereocenters. The minimum Gasteiger partial charge on any atom is -0.437 e. The molecule has 0 aliphatic rings. The van der Waals surface area contributed by atoms with E-state index in [1.165, 1.54) is 6.33 Å². The van der Waals surface area contributed by atoms with E-state index in [9.17, 15) is 0 Å². The summed E-state index contributed by atoms with van der Waals surface area (Å²) in [5.74, 6) is 1.47. The third kappa shape index (κ3) is 2.27. The number of nitrogens with zero attached hydrogens (tertiary/aromatic N) is 2. The van der Waals surface area contributed by atoms with Crippen LogP contribution in [-0.4, -0.2) is 17.0 Å². The summed E-state index contributed by atoms with van der Waals surface area (Å²) in [5.41, 5.74) is 10.1. The highest BCUT2D eigenvalue weighted by Crippen LogP contribution is 2.42. The van der Waals surface area contributed by atoms with E-state index in [0.29, 0.717) is 11.4 Å². The smallest absolute Gasteiger partial charge is 0.232 e. The molecule has 0 saturated heterocycles. The van der Waals surface area contributed by atoms with E-state index in [-0.39, 0.29) is 0 Å². The molecule has 118 valence electrons. The molecule has 0 saturated carbocycles. The van der Waals surface area contributed by atoms with Crippen molar-refractivity contribution >= 4 is 22.6 Å². The topological polar surface area (TPSA) is 77.0 Å². The van der Waals surface area contributed by atoms with Crippen LogP contribution in [0.4, 0.5) is 11.5 Å². The van der Waals surface area contributed by atoms with Crippen LogP contribution in [0.5, 0.6) is 0 Å². The number of fused-ring (bicyclic) bond motifs is 1. The number of furan rings is 1. The average molecular weight is 316 g/mol. The summed E-state index contributed by atoms with van der Waals surface area (Å²) in [5, 5.41) is 3.98. The number of nitrogens with two attached hydrogens (primary N) is 1. The van der Waals surface area contributed by atoms with Crippen molar-refractivity contribution in [1.82, 2.24) is 9.97 Å². The van der Waals surface area contributed by atoms with E-state index in [4.69, 9.17) is 10.2 Å². The zero-order chi connectivity index (χ0) is 16.5. The van der Waals surface area contributed by atoms with Gasteiger partial charge in [-0.3, -0.25) is 0 Å². The van der Waals surface area contributed by atoms with Gasteiger partial charge in [-0.15, -0.1) is 0 Å². The zero-order valence-electron chi connectivity index (χ0n) is 13.2. The molecule has 5 nitrogen and oxygen atoms in total. The molecule has 2 aromatic heterocycles. The molecule has 24 heavy (non-hydrogen) atoms. The molecular weight excluding hydrogens is 300 g/mol. The standard InChI is InChI=1S/C19H16N4O/c1-21-18-16-15(12-6-3-2-4-7-12)17(24-19(16)23-11-22-18)13-8-5-9-14(20)10-13/h2-11H,20H2,1H3,(H,21,22,23). The van der Waals surface area contributed by atoms with Crippen molar-refractivity contribution in [3.8, 4) is 22.5 Å². The average Bonchev–Trinajstić information content (AvgIpc) is 3.02. The summed E-state index contributed by atoms with van der Waals surface area (Å²) in [6.07, 6.45) is 1.50. The third-order valence-electron chi connectivity index (χ3n) is 3.94. The Kier molecular flexibility index (Phi) is 3.39. The van der Waals surface area contributed by atoms with Crippen LogP contribution in [0.3, 0.4) is 0 Å². The van der Waals surface area contributed by atoms with Gasteiger partial charge in [0.1, 0.15) is 17.9 Å². The number of hydrogen-bond acceptors (Lipinski definition) is 5. The van der Waals surface area contributed by atoms with Crippen molar-refractivity contribution in [3.05, 3.63) is 60.9 Å². The largest absolute Gasteiger partial charge is 0.437 e. The van der Waals surface area contributed by atoms with Crippen LogP contribution in [0.1, 0.15) is 0 Å². The van der Waals surface area contributed by atoms with Gasteiger partial charge in [0.15, 0.2) is 0 Å². The Morgan fingerprint density at radius 3 is 2.50 bits per heavy atom. The number of aromatic nitrogens is 2. The van der Waals surface area contributed by atoms with E-state index in [0.717, 1.165) is 33.7 Å².